The van der Waals surface area contributed by atoms with Crippen LogP contribution in [0.1, 0.15) is 18.1 Å². The first-order chi connectivity index (χ1) is 11.2. The minimum atomic E-state index is -0.347. The third-order valence-electron chi connectivity index (χ3n) is 3.52. The third-order valence-corrected chi connectivity index (χ3v) is 3.52. The third kappa shape index (κ3) is 3.37. The summed E-state index contributed by atoms with van der Waals surface area (Å²) in [6, 6.07) is 13.1. The van der Waals surface area contributed by atoms with E-state index in [9.17, 15) is 4.79 Å². The Morgan fingerprint density at radius 1 is 1.13 bits per heavy atom. The number of para-hydroxylation sites is 2. The highest BCUT2D eigenvalue weighted by molar-refractivity contribution is 5.86. The quantitative estimate of drug-likeness (QED) is 0.521. The van der Waals surface area contributed by atoms with E-state index in [0.717, 1.165) is 22.1 Å². The largest absolute Gasteiger partial charge is 0.490 e. The van der Waals surface area contributed by atoms with Gasteiger partial charge >= 0.3 is 5.97 Å². The fraction of sp³-hybridized carbons (Fsp3) is 0.211. The van der Waals surface area contributed by atoms with Crippen LogP contribution in [0.3, 0.4) is 0 Å². The first-order valence-corrected chi connectivity index (χ1v) is 7.56. The number of fused-ring (bicyclic) bond motifs is 1. The lowest BCUT2D eigenvalue weighted by Crippen LogP contribution is -2.11. The van der Waals surface area contributed by atoms with Gasteiger partial charge in [0.25, 0.3) is 0 Å². The monoisotopic (exact) mass is 310 g/mol. The van der Waals surface area contributed by atoms with Gasteiger partial charge in [-0.1, -0.05) is 24.3 Å². The summed E-state index contributed by atoms with van der Waals surface area (Å²) in [6.45, 7) is 4.40. The molecule has 23 heavy (non-hydrogen) atoms. The van der Waals surface area contributed by atoms with Crippen molar-refractivity contribution in [3.8, 4) is 11.5 Å². The number of rotatable bonds is 5. The van der Waals surface area contributed by atoms with Gasteiger partial charge in [0.05, 0.1) is 19.3 Å². The molecular weight excluding hydrogens is 292 g/mol. The van der Waals surface area contributed by atoms with Crippen molar-refractivity contribution >= 4 is 16.9 Å². The summed E-state index contributed by atoms with van der Waals surface area (Å²) >= 11 is 0. The van der Waals surface area contributed by atoms with Gasteiger partial charge in [-0.25, -0.2) is 0 Å². The Bertz CT molecular complexity index is 832. The molecule has 3 rings (SSSR count). The molecule has 0 saturated carbocycles. The summed E-state index contributed by atoms with van der Waals surface area (Å²) < 4.78 is 16.4. The summed E-state index contributed by atoms with van der Waals surface area (Å²) in [5.74, 6) is 0.652. The molecule has 4 nitrogen and oxygen atoms in total. The van der Waals surface area contributed by atoms with E-state index >= 15 is 0 Å². The van der Waals surface area contributed by atoms with Crippen LogP contribution in [0.25, 0.3) is 11.0 Å². The van der Waals surface area contributed by atoms with E-state index in [4.69, 9.17) is 13.9 Å². The van der Waals surface area contributed by atoms with Crippen molar-refractivity contribution in [2.24, 2.45) is 0 Å². The highest BCUT2D eigenvalue weighted by atomic mass is 16.6. The van der Waals surface area contributed by atoms with Crippen LogP contribution in [-0.2, 0) is 11.2 Å². The van der Waals surface area contributed by atoms with Gasteiger partial charge in [-0.2, -0.15) is 0 Å². The second kappa shape index (κ2) is 6.57. The molecule has 0 aliphatic heterocycles. The molecule has 0 N–H and O–H groups in total. The van der Waals surface area contributed by atoms with Crippen LogP contribution in [0.5, 0.6) is 11.5 Å². The predicted octanol–water partition coefficient (Wildman–Crippen LogP) is 4.29. The van der Waals surface area contributed by atoms with E-state index in [1.165, 1.54) is 0 Å². The van der Waals surface area contributed by atoms with Crippen LogP contribution in [0, 0.1) is 6.92 Å². The molecule has 0 aliphatic carbocycles. The topological polar surface area (TPSA) is 48.7 Å². The summed E-state index contributed by atoms with van der Waals surface area (Å²) in [5.41, 5.74) is 2.72. The van der Waals surface area contributed by atoms with Crippen LogP contribution in [-0.4, -0.2) is 12.6 Å². The molecule has 118 valence electrons. The van der Waals surface area contributed by atoms with Crippen molar-refractivity contribution in [3.63, 3.8) is 0 Å². The van der Waals surface area contributed by atoms with Gasteiger partial charge in [0.2, 0.25) is 0 Å². The molecule has 1 aromatic heterocycles. The van der Waals surface area contributed by atoms with Gasteiger partial charge < -0.3 is 13.9 Å². The molecule has 0 atom stereocenters. The number of hydrogen-bond acceptors (Lipinski definition) is 4. The van der Waals surface area contributed by atoms with E-state index in [0.29, 0.717) is 18.1 Å². The maximum absolute atomic E-state index is 12.2. The van der Waals surface area contributed by atoms with E-state index in [2.05, 4.69) is 0 Å². The Balaban J connectivity index is 1.76. The maximum atomic E-state index is 12.2. The normalized spacial score (nSPS) is 10.7. The van der Waals surface area contributed by atoms with Crippen LogP contribution in [0.15, 0.2) is 53.1 Å². The van der Waals surface area contributed by atoms with E-state index in [1.54, 1.807) is 24.5 Å². The van der Waals surface area contributed by atoms with Crippen molar-refractivity contribution in [1.82, 2.24) is 0 Å². The molecule has 2 aromatic carbocycles. The van der Waals surface area contributed by atoms with Gasteiger partial charge in [0.1, 0.15) is 5.58 Å². The second-order valence-electron chi connectivity index (χ2n) is 5.29. The van der Waals surface area contributed by atoms with Crippen LogP contribution in [0.4, 0.5) is 0 Å². The first-order valence-electron chi connectivity index (χ1n) is 7.56. The highest BCUT2D eigenvalue weighted by Gasteiger charge is 2.14. The van der Waals surface area contributed by atoms with Gasteiger partial charge in [-0.15, -0.1) is 0 Å². The van der Waals surface area contributed by atoms with Crippen LogP contribution in [0.2, 0.25) is 0 Å². The van der Waals surface area contributed by atoms with Crippen LogP contribution >= 0.6 is 0 Å². The van der Waals surface area contributed by atoms with Crippen LogP contribution < -0.4 is 9.47 Å². The van der Waals surface area contributed by atoms with E-state index < -0.39 is 0 Å². The zero-order valence-corrected chi connectivity index (χ0v) is 13.2. The van der Waals surface area contributed by atoms with E-state index in [-0.39, 0.29) is 12.4 Å². The highest BCUT2D eigenvalue weighted by Crippen LogP contribution is 2.28. The lowest BCUT2D eigenvalue weighted by atomic mass is 10.1. The molecule has 0 unspecified atom stereocenters. The first kappa shape index (κ1) is 15.2. The lowest BCUT2D eigenvalue weighted by molar-refractivity contribution is -0.133. The Labute approximate surface area is 134 Å². The SMILES string of the molecule is CCOc1ccccc1OC(=O)Cc1coc2cc(C)ccc12. The molecular formula is C19H18O4. The zero-order chi connectivity index (χ0) is 16.2. The number of ether oxygens (including phenoxy) is 2. The molecule has 3 aromatic rings. The Hall–Kier alpha value is -2.75. The minimum absolute atomic E-state index is 0.149. The van der Waals surface area contributed by atoms with E-state index in [1.807, 2.05) is 38.1 Å². The number of furan rings is 1. The molecule has 0 fully saturated rings. The molecule has 0 saturated heterocycles. The number of benzene rings is 2. The average Bonchev–Trinajstić information content (AvgIpc) is 2.91. The average molecular weight is 310 g/mol. The van der Waals surface area contributed by atoms with Gasteiger partial charge in [0, 0.05) is 10.9 Å². The Kier molecular flexibility index (Phi) is 4.33. The minimum Gasteiger partial charge on any atom is -0.490 e. The predicted molar refractivity (Wildman–Crippen MR) is 87.9 cm³/mol. The molecule has 1 heterocycles. The maximum Gasteiger partial charge on any atom is 0.315 e. The number of hydrogen-bond donors (Lipinski definition) is 0. The summed E-state index contributed by atoms with van der Waals surface area (Å²) in [6.07, 6.45) is 1.76. The second-order valence-corrected chi connectivity index (χ2v) is 5.29. The fourth-order valence-corrected chi connectivity index (χ4v) is 2.45. The van der Waals surface area contributed by atoms with Gasteiger partial charge in [-0.05, 0) is 37.6 Å². The number of aryl methyl sites for hydroxylation is 1. The molecule has 0 amide bonds. The van der Waals surface area contributed by atoms with Gasteiger partial charge in [-0.3, -0.25) is 4.79 Å². The van der Waals surface area contributed by atoms with Gasteiger partial charge in [0.15, 0.2) is 11.5 Å². The smallest absolute Gasteiger partial charge is 0.315 e. The van der Waals surface area contributed by atoms with Crippen molar-refractivity contribution in [1.29, 1.82) is 0 Å². The fourth-order valence-electron chi connectivity index (χ4n) is 2.45. The lowest BCUT2D eigenvalue weighted by Gasteiger charge is -2.09. The molecule has 0 radical (unpaired) electrons. The zero-order valence-electron chi connectivity index (χ0n) is 13.2. The molecule has 0 aliphatic rings. The number of carbonyl (C=O) groups excluding carboxylic acids is 1. The van der Waals surface area contributed by atoms with Crippen molar-refractivity contribution in [2.75, 3.05) is 6.61 Å². The molecule has 0 bridgehead atoms. The standard InChI is InChI=1S/C19H18O4/c1-3-21-16-6-4-5-7-17(16)23-19(20)11-14-12-22-18-10-13(2)8-9-15(14)18/h4-10,12H,3,11H2,1-2H3. The number of esters is 1. The van der Waals surface area contributed by atoms with Crippen molar-refractivity contribution < 1.29 is 18.7 Å². The number of carbonyl (C=O) groups is 1. The Morgan fingerprint density at radius 3 is 2.70 bits per heavy atom. The van der Waals surface area contributed by atoms with Crippen molar-refractivity contribution in [2.45, 2.75) is 20.3 Å². The summed E-state index contributed by atoms with van der Waals surface area (Å²) in [7, 11) is 0. The Morgan fingerprint density at radius 2 is 1.91 bits per heavy atom. The summed E-state index contributed by atoms with van der Waals surface area (Å²) in [5, 5.41) is 0.936. The molecule has 4 heteroatoms. The molecule has 0 spiro atoms. The summed E-state index contributed by atoms with van der Waals surface area (Å²) in [4.78, 5) is 12.2. The van der Waals surface area contributed by atoms with Crippen molar-refractivity contribution in [3.05, 3.63) is 59.9 Å².